The van der Waals surface area contributed by atoms with Crippen molar-refractivity contribution in [2.45, 2.75) is 26.8 Å². The third kappa shape index (κ3) is 4.01. The Morgan fingerprint density at radius 2 is 2.14 bits per heavy atom. The molecule has 28 heavy (non-hydrogen) atoms. The van der Waals surface area contributed by atoms with Crippen LogP contribution in [0.5, 0.6) is 5.75 Å². The maximum Gasteiger partial charge on any atom is 0.329 e. The van der Waals surface area contributed by atoms with Gasteiger partial charge < -0.3 is 9.67 Å². The van der Waals surface area contributed by atoms with Gasteiger partial charge in [-0.25, -0.2) is 10.2 Å². The van der Waals surface area contributed by atoms with Crippen LogP contribution in [0, 0.1) is 5.92 Å². The highest BCUT2D eigenvalue weighted by Gasteiger charge is 2.17. The predicted molar refractivity (Wildman–Crippen MR) is 112 cm³/mol. The molecule has 0 saturated heterocycles. The summed E-state index contributed by atoms with van der Waals surface area (Å²) in [6.07, 6.45) is 2.27. The van der Waals surface area contributed by atoms with Gasteiger partial charge in [0, 0.05) is 23.6 Å². The summed E-state index contributed by atoms with van der Waals surface area (Å²) in [7, 11) is 1.55. The summed E-state index contributed by atoms with van der Waals surface area (Å²) in [5.74, 6) is 0.841. The second-order valence-electron chi connectivity index (χ2n) is 6.83. The number of nitrogens with zero attached hydrogens (tertiary/aromatic N) is 4. The number of halogens is 1. The van der Waals surface area contributed by atoms with Crippen LogP contribution in [-0.4, -0.2) is 30.4 Å². The average molecular weight is 449 g/mol. The summed E-state index contributed by atoms with van der Waals surface area (Å²) in [5.41, 5.74) is 2.90. The minimum Gasteiger partial charge on any atom is -0.507 e. The zero-order valence-electron chi connectivity index (χ0n) is 15.7. The highest BCUT2D eigenvalue weighted by molar-refractivity contribution is 9.10. The molecule has 0 aliphatic rings. The molecule has 2 aromatic heterocycles. The number of H-pyrrole nitrogens is 1. The van der Waals surface area contributed by atoms with E-state index in [0.29, 0.717) is 29.5 Å². The monoisotopic (exact) mass is 448 g/mol. The fourth-order valence-corrected chi connectivity index (χ4v) is 3.09. The topological polar surface area (TPSA) is 117 Å². The van der Waals surface area contributed by atoms with Crippen LogP contribution in [0.3, 0.4) is 0 Å². The van der Waals surface area contributed by atoms with Gasteiger partial charge in [-0.05, 0) is 30.5 Å². The van der Waals surface area contributed by atoms with Crippen molar-refractivity contribution >= 4 is 39.3 Å². The van der Waals surface area contributed by atoms with E-state index in [4.69, 9.17) is 0 Å². The minimum absolute atomic E-state index is 0.0842. The predicted octanol–water partition coefficient (Wildman–Crippen LogP) is 2.38. The number of aryl methyl sites for hydroxylation is 2. The van der Waals surface area contributed by atoms with Gasteiger partial charge in [-0.3, -0.25) is 14.3 Å². The number of phenols is 1. The van der Waals surface area contributed by atoms with E-state index < -0.39 is 11.2 Å². The molecular weight excluding hydrogens is 428 g/mol. The van der Waals surface area contributed by atoms with Gasteiger partial charge >= 0.3 is 5.69 Å². The van der Waals surface area contributed by atoms with Crippen LogP contribution in [0.1, 0.15) is 25.8 Å². The first-order valence-corrected chi connectivity index (χ1v) is 9.54. The van der Waals surface area contributed by atoms with Crippen LogP contribution in [-0.2, 0) is 13.6 Å². The van der Waals surface area contributed by atoms with Gasteiger partial charge in [0.2, 0.25) is 5.95 Å². The maximum atomic E-state index is 12.4. The molecule has 0 unspecified atom stereocenters. The van der Waals surface area contributed by atoms with Crippen LogP contribution in [0.2, 0.25) is 0 Å². The first kappa shape index (κ1) is 19.9. The van der Waals surface area contributed by atoms with E-state index in [1.165, 1.54) is 10.8 Å². The lowest BCUT2D eigenvalue weighted by molar-refractivity contribution is 0.474. The van der Waals surface area contributed by atoms with Crippen LogP contribution >= 0.6 is 15.9 Å². The lowest BCUT2D eigenvalue weighted by atomic mass is 10.1. The number of fused-ring (bicyclic) bond motifs is 1. The number of nitrogens with one attached hydrogen (secondary N) is 2. The third-order valence-electron chi connectivity index (χ3n) is 4.29. The number of aromatic nitrogens is 4. The van der Waals surface area contributed by atoms with Crippen LogP contribution in [0.25, 0.3) is 11.2 Å². The van der Waals surface area contributed by atoms with Crippen molar-refractivity contribution < 1.29 is 5.11 Å². The Hall–Kier alpha value is -2.88. The average Bonchev–Trinajstić information content (AvgIpc) is 3.00. The maximum absolute atomic E-state index is 12.4. The molecule has 0 aliphatic carbocycles. The molecule has 1 aromatic carbocycles. The van der Waals surface area contributed by atoms with E-state index in [1.807, 2.05) is 0 Å². The molecule has 9 nitrogen and oxygen atoms in total. The van der Waals surface area contributed by atoms with Crippen molar-refractivity contribution in [3.8, 4) is 5.75 Å². The van der Waals surface area contributed by atoms with Gasteiger partial charge in [-0.1, -0.05) is 29.8 Å². The van der Waals surface area contributed by atoms with Crippen LogP contribution in [0.4, 0.5) is 5.95 Å². The van der Waals surface area contributed by atoms with Crippen molar-refractivity contribution in [1.82, 2.24) is 19.1 Å². The lowest BCUT2D eigenvalue weighted by Gasteiger charge is -2.09. The Balaban J connectivity index is 2.02. The summed E-state index contributed by atoms with van der Waals surface area (Å²) in [5, 5.41) is 14.0. The number of hydrogen-bond donors (Lipinski definition) is 3. The summed E-state index contributed by atoms with van der Waals surface area (Å²) in [6.45, 7) is 4.70. The standard InChI is InChI=1S/C18H21BrN6O3/c1-10(2)6-7-25-14-15(24(3)18(28)22-16(14)27)21-17(25)23-20-9-11-8-12(19)4-5-13(11)26/h4-5,8-10,26H,6-7H2,1-3H3,(H,21,23)(H,22,27,28)/b20-9-. The molecule has 0 saturated carbocycles. The fraction of sp³-hybridized carbons (Fsp3) is 0.333. The highest BCUT2D eigenvalue weighted by atomic mass is 79.9. The summed E-state index contributed by atoms with van der Waals surface area (Å²) < 4.78 is 3.81. The molecule has 0 fully saturated rings. The second-order valence-corrected chi connectivity index (χ2v) is 7.75. The smallest absolute Gasteiger partial charge is 0.329 e. The Bertz CT molecular complexity index is 1160. The second kappa shape index (κ2) is 8.01. The molecule has 3 aromatic rings. The zero-order valence-corrected chi connectivity index (χ0v) is 17.3. The van der Waals surface area contributed by atoms with E-state index in [9.17, 15) is 14.7 Å². The van der Waals surface area contributed by atoms with Crippen LogP contribution in [0.15, 0.2) is 37.4 Å². The van der Waals surface area contributed by atoms with E-state index >= 15 is 0 Å². The summed E-state index contributed by atoms with van der Waals surface area (Å²) >= 11 is 3.34. The minimum atomic E-state index is -0.528. The van der Waals surface area contributed by atoms with E-state index in [-0.39, 0.29) is 11.4 Å². The first-order chi connectivity index (χ1) is 13.3. The number of phenolic OH excluding ortho intramolecular Hbond substituents is 1. The molecule has 0 atom stereocenters. The molecular formula is C18H21BrN6O3. The SMILES string of the molecule is CC(C)CCn1c(N/N=C\c2cc(Br)ccc2O)nc2c1c(=O)[nH]c(=O)n2C. The Kier molecular flexibility index (Phi) is 5.68. The van der Waals surface area contributed by atoms with Gasteiger partial charge in [0.1, 0.15) is 5.75 Å². The van der Waals surface area contributed by atoms with E-state index in [0.717, 1.165) is 10.9 Å². The molecule has 0 bridgehead atoms. The number of benzene rings is 1. The quantitative estimate of drug-likeness (QED) is 0.395. The molecule has 148 valence electrons. The molecule has 0 aliphatic heterocycles. The number of hydrazone groups is 1. The number of imidazole rings is 1. The fourth-order valence-electron chi connectivity index (χ4n) is 2.71. The molecule has 10 heteroatoms. The van der Waals surface area contributed by atoms with Gasteiger partial charge in [0.25, 0.3) is 5.56 Å². The normalized spacial score (nSPS) is 11.8. The molecule has 0 radical (unpaired) electrons. The largest absolute Gasteiger partial charge is 0.507 e. The Labute approximate surface area is 168 Å². The summed E-state index contributed by atoms with van der Waals surface area (Å²) in [6, 6.07) is 4.99. The van der Waals surface area contributed by atoms with Crippen LogP contribution < -0.4 is 16.7 Å². The summed E-state index contributed by atoms with van der Waals surface area (Å²) in [4.78, 5) is 31.0. The van der Waals surface area contributed by atoms with Crippen molar-refractivity contribution in [1.29, 1.82) is 0 Å². The van der Waals surface area contributed by atoms with Gasteiger partial charge in [0.05, 0.1) is 6.21 Å². The zero-order chi connectivity index (χ0) is 20.4. The molecule has 3 rings (SSSR count). The number of rotatable bonds is 6. The lowest BCUT2D eigenvalue weighted by Crippen LogP contribution is -2.29. The number of anilines is 1. The van der Waals surface area contributed by atoms with Crippen molar-refractivity contribution in [3.05, 3.63) is 49.1 Å². The first-order valence-electron chi connectivity index (χ1n) is 8.75. The van der Waals surface area contributed by atoms with Crippen molar-refractivity contribution in [2.75, 3.05) is 5.43 Å². The van der Waals surface area contributed by atoms with Gasteiger partial charge in [-0.2, -0.15) is 10.1 Å². The number of hydrogen-bond acceptors (Lipinski definition) is 6. The highest BCUT2D eigenvalue weighted by Crippen LogP contribution is 2.21. The number of aromatic amines is 1. The Morgan fingerprint density at radius 3 is 2.86 bits per heavy atom. The Morgan fingerprint density at radius 1 is 1.39 bits per heavy atom. The van der Waals surface area contributed by atoms with E-state index in [1.54, 1.807) is 29.8 Å². The van der Waals surface area contributed by atoms with Crippen molar-refractivity contribution in [3.63, 3.8) is 0 Å². The van der Waals surface area contributed by atoms with Gasteiger partial charge in [0.15, 0.2) is 11.2 Å². The third-order valence-corrected chi connectivity index (χ3v) is 4.79. The number of aromatic hydroxyl groups is 1. The molecule has 0 amide bonds. The molecule has 0 spiro atoms. The van der Waals surface area contributed by atoms with E-state index in [2.05, 4.69) is 50.3 Å². The molecule has 3 N–H and O–H groups in total. The van der Waals surface area contributed by atoms with Crippen molar-refractivity contribution in [2.24, 2.45) is 18.1 Å². The van der Waals surface area contributed by atoms with Gasteiger partial charge in [-0.15, -0.1) is 0 Å². The molecule has 2 heterocycles.